The molecule has 8 nitrogen and oxygen atoms in total. The quantitative estimate of drug-likeness (QED) is 0.463. The molecule has 2 heterocycles. The Bertz CT molecular complexity index is 1280. The average Bonchev–Trinajstić information content (AvgIpc) is 3.24. The molecule has 4 rings (SSSR count). The molecule has 0 radical (unpaired) electrons. The van der Waals surface area contributed by atoms with E-state index in [0.717, 1.165) is 23.4 Å². The third kappa shape index (κ3) is 4.54. The van der Waals surface area contributed by atoms with Gasteiger partial charge in [0.15, 0.2) is 5.65 Å². The maximum Gasteiger partial charge on any atom is 0.264 e. The minimum Gasteiger partial charge on any atom is -0.497 e. The highest BCUT2D eigenvalue weighted by atomic mass is 16.5. The Morgan fingerprint density at radius 2 is 1.84 bits per heavy atom. The van der Waals surface area contributed by atoms with E-state index in [4.69, 9.17) is 4.74 Å². The standard InChI is InChI=1S/C24H25N5O3/c1-17-27-23-21(16-26-29(23)19-6-4-3-5-7-19)24(31)28(17)15-13-22(30)25-14-12-18-8-10-20(32-2)11-9-18/h3-11,16H,12-15H2,1-2H3,(H,25,30). The van der Waals surface area contributed by atoms with Crippen molar-refractivity contribution in [2.24, 2.45) is 0 Å². The number of para-hydroxylation sites is 1. The van der Waals surface area contributed by atoms with Gasteiger partial charge >= 0.3 is 0 Å². The molecule has 1 N–H and O–H groups in total. The zero-order valence-electron chi connectivity index (χ0n) is 18.1. The zero-order chi connectivity index (χ0) is 22.5. The lowest BCUT2D eigenvalue weighted by atomic mass is 10.1. The first-order valence-corrected chi connectivity index (χ1v) is 10.5. The summed E-state index contributed by atoms with van der Waals surface area (Å²) in [5.41, 5.74) is 2.27. The first kappa shape index (κ1) is 21.3. The molecule has 4 aromatic rings. The summed E-state index contributed by atoms with van der Waals surface area (Å²) in [6.45, 7) is 2.56. The van der Waals surface area contributed by atoms with Gasteiger partial charge in [-0.1, -0.05) is 30.3 Å². The van der Waals surface area contributed by atoms with Crippen molar-refractivity contribution in [2.75, 3.05) is 13.7 Å². The molecule has 32 heavy (non-hydrogen) atoms. The molecule has 0 saturated carbocycles. The summed E-state index contributed by atoms with van der Waals surface area (Å²) in [5.74, 6) is 1.24. The molecular formula is C24H25N5O3. The normalized spacial score (nSPS) is 10.9. The van der Waals surface area contributed by atoms with Crippen molar-refractivity contribution in [2.45, 2.75) is 26.3 Å². The van der Waals surface area contributed by atoms with E-state index in [0.29, 0.717) is 23.4 Å². The number of hydrogen-bond acceptors (Lipinski definition) is 5. The van der Waals surface area contributed by atoms with Crippen molar-refractivity contribution in [1.82, 2.24) is 24.6 Å². The highest BCUT2D eigenvalue weighted by Gasteiger charge is 2.14. The van der Waals surface area contributed by atoms with Gasteiger partial charge in [-0.2, -0.15) is 5.10 Å². The molecule has 0 atom stereocenters. The van der Waals surface area contributed by atoms with E-state index in [1.165, 1.54) is 10.8 Å². The molecule has 0 aliphatic heterocycles. The number of aromatic nitrogens is 4. The number of nitrogens with one attached hydrogen (secondary N) is 1. The number of nitrogens with zero attached hydrogens (tertiary/aromatic N) is 4. The third-order valence-electron chi connectivity index (χ3n) is 5.34. The van der Waals surface area contributed by atoms with Crippen molar-refractivity contribution in [3.8, 4) is 11.4 Å². The SMILES string of the molecule is COc1ccc(CCNC(=O)CCn2c(C)nc3c(cnn3-c3ccccc3)c2=O)cc1. The van der Waals surface area contributed by atoms with Gasteiger partial charge in [-0.3, -0.25) is 14.2 Å². The van der Waals surface area contributed by atoms with Crippen LogP contribution in [0.15, 0.2) is 65.6 Å². The van der Waals surface area contributed by atoms with Gasteiger partial charge in [0.2, 0.25) is 5.91 Å². The van der Waals surface area contributed by atoms with E-state index in [1.807, 2.05) is 54.6 Å². The molecule has 8 heteroatoms. The largest absolute Gasteiger partial charge is 0.497 e. The second-order valence-corrected chi connectivity index (χ2v) is 7.44. The van der Waals surface area contributed by atoms with E-state index in [9.17, 15) is 9.59 Å². The molecule has 0 saturated heterocycles. The van der Waals surface area contributed by atoms with E-state index in [1.54, 1.807) is 18.7 Å². The lowest BCUT2D eigenvalue weighted by Crippen LogP contribution is -2.30. The smallest absolute Gasteiger partial charge is 0.264 e. The number of amides is 1. The summed E-state index contributed by atoms with van der Waals surface area (Å²) in [7, 11) is 1.63. The monoisotopic (exact) mass is 431 g/mol. The predicted octanol–water partition coefficient (Wildman–Crippen LogP) is 2.65. The molecule has 2 aromatic heterocycles. The number of fused-ring (bicyclic) bond motifs is 1. The Morgan fingerprint density at radius 1 is 1.09 bits per heavy atom. The number of methoxy groups -OCH3 is 1. The Morgan fingerprint density at radius 3 is 2.56 bits per heavy atom. The van der Waals surface area contributed by atoms with Gasteiger partial charge in [-0.05, 0) is 43.2 Å². The van der Waals surface area contributed by atoms with Gasteiger partial charge in [0, 0.05) is 19.5 Å². The molecule has 164 valence electrons. The third-order valence-corrected chi connectivity index (χ3v) is 5.34. The molecule has 0 spiro atoms. The van der Waals surface area contributed by atoms with Crippen LogP contribution in [0.4, 0.5) is 0 Å². The number of hydrogen-bond donors (Lipinski definition) is 1. The van der Waals surface area contributed by atoms with Crippen LogP contribution < -0.4 is 15.6 Å². The average molecular weight is 431 g/mol. The van der Waals surface area contributed by atoms with E-state index in [-0.39, 0.29) is 24.4 Å². The van der Waals surface area contributed by atoms with Crippen molar-refractivity contribution in [3.63, 3.8) is 0 Å². The van der Waals surface area contributed by atoms with Crippen LogP contribution in [0.3, 0.4) is 0 Å². The number of ether oxygens (including phenoxy) is 1. The molecule has 0 unspecified atom stereocenters. The lowest BCUT2D eigenvalue weighted by molar-refractivity contribution is -0.121. The van der Waals surface area contributed by atoms with Gasteiger partial charge in [-0.25, -0.2) is 9.67 Å². The summed E-state index contributed by atoms with van der Waals surface area (Å²) in [6, 6.07) is 17.3. The van der Waals surface area contributed by atoms with Crippen LogP contribution in [0.25, 0.3) is 16.7 Å². The van der Waals surface area contributed by atoms with Crippen LogP contribution in [0.1, 0.15) is 17.8 Å². The molecule has 0 aliphatic rings. The maximum absolute atomic E-state index is 13.0. The van der Waals surface area contributed by atoms with Crippen molar-refractivity contribution >= 4 is 16.9 Å². The Kier molecular flexibility index (Phi) is 6.30. The first-order valence-electron chi connectivity index (χ1n) is 10.5. The summed E-state index contributed by atoms with van der Waals surface area (Å²) >= 11 is 0. The predicted molar refractivity (Wildman–Crippen MR) is 122 cm³/mol. The van der Waals surface area contributed by atoms with Crippen LogP contribution in [0, 0.1) is 6.92 Å². The van der Waals surface area contributed by atoms with Crippen LogP contribution in [-0.4, -0.2) is 38.9 Å². The van der Waals surface area contributed by atoms with Crippen molar-refractivity contribution < 1.29 is 9.53 Å². The van der Waals surface area contributed by atoms with Crippen LogP contribution >= 0.6 is 0 Å². The minimum atomic E-state index is -0.194. The second-order valence-electron chi connectivity index (χ2n) is 7.44. The van der Waals surface area contributed by atoms with Crippen molar-refractivity contribution in [3.05, 3.63) is 82.5 Å². The maximum atomic E-state index is 13.0. The van der Waals surface area contributed by atoms with Gasteiger partial charge < -0.3 is 10.1 Å². The topological polar surface area (TPSA) is 91.0 Å². The molecule has 0 bridgehead atoms. The molecule has 2 aromatic carbocycles. The molecule has 1 amide bonds. The Hall–Kier alpha value is -3.94. The summed E-state index contributed by atoms with van der Waals surface area (Å²) in [5, 5.41) is 7.68. The molecule has 0 aliphatic carbocycles. The Balaban J connectivity index is 1.39. The van der Waals surface area contributed by atoms with Crippen molar-refractivity contribution in [1.29, 1.82) is 0 Å². The number of benzene rings is 2. The fourth-order valence-corrected chi connectivity index (χ4v) is 3.57. The lowest BCUT2D eigenvalue weighted by Gasteiger charge is -2.11. The number of carbonyl (C=O) groups is 1. The zero-order valence-corrected chi connectivity index (χ0v) is 18.1. The fraction of sp³-hybridized carbons (Fsp3) is 0.250. The molecular weight excluding hydrogens is 406 g/mol. The summed E-state index contributed by atoms with van der Waals surface area (Å²) in [6.07, 6.45) is 2.45. The first-order chi connectivity index (χ1) is 15.6. The number of aryl methyl sites for hydroxylation is 1. The van der Waals surface area contributed by atoms with Crippen LogP contribution in [-0.2, 0) is 17.8 Å². The van der Waals surface area contributed by atoms with Gasteiger partial charge in [0.1, 0.15) is 17.0 Å². The van der Waals surface area contributed by atoms with Crippen LogP contribution in [0.5, 0.6) is 5.75 Å². The van der Waals surface area contributed by atoms with Gasteiger partial charge in [0.05, 0.1) is 19.0 Å². The minimum absolute atomic E-state index is 0.107. The highest BCUT2D eigenvalue weighted by Crippen LogP contribution is 2.14. The fourth-order valence-electron chi connectivity index (χ4n) is 3.57. The molecule has 0 fully saturated rings. The summed E-state index contributed by atoms with van der Waals surface area (Å²) in [4.78, 5) is 29.9. The Labute approximate surface area is 185 Å². The van der Waals surface area contributed by atoms with Gasteiger partial charge in [0.25, 0.3) is 5.56 Å². The summed E-state index contributed by atoms with van der Waals surface area (Å²) < 4.78 is 8.33. The second kappa shape index (κ2) is 9.47. The number of carbonyl (C=O) groups excluding carboxylic acids is 1. The van der Waals surface area contributed by atoms with Gasteiger partial charge in [-0.15, -0.1) is 0 Å². The van der Waals surface area contributed by atoms with E-state index < -0.39 is 0 Å². The van der Waals surface area contributed by atoms with E-state index in [2.05, 4.69) is 15.4 Å². The number of rotatable bonds is 8. The highest BCUT2D eigenvalue weighted by molar-refractivity contribution is 5.76. The van der Waals surface area contributed by atoms with Crippen LogP contribution in [0.2, 0.25) is 0 Å². The van der Waals surface area contributed by atoms with E-state index >= 15 is 0 Å².